The summed E-state index contributed by atoms with van der Waals surface area (Å²) in [5, 5.41) is 0. The van der Waals surface area contributed by atoms with Crippen molar-refractivity contribution in [1.82, 2.24) is 19.4 Å². The van der Waals surface area contributed by atoms with Gasteiger partial charge in [0.1, 0.15) is 0 Å². The van der Waals surface area contributed by atoms with Crippen LogP contribution in [0.4, 0.5) is 0 Å². The molecule has 1 fully saturated rings. The first-order chi connectivity index (χ1) is 9.33. The van der Waals surface area contributed by atoms with E-state index in [0.29, 0.717) is 12.0 Å². The highest BCUT2D eigenvalue weighted by Gasteiger charge is 2.23. The number of H-pyrrole nitrogens is 1. The molecule has 0 aromatic carbocycles. The van der Waals surface area contributed by atoms with Crippen molar-refractivity contribution in [2.24, 2.45) is 5.73 Å². The molecule has 4 rings (SSSR count). The predicted octanol–water partition coefficient (Wildman–Crippen LogP) is 2.20. The number of aromatic amines is 1. The lowest BCUT2D eigenvalue weighted by molar-refractivity contribution is 0.390. The zero-order chi connectivity index (χ0) is 12.8. The van der Waals surface area contributed by atoms with E-state index < -0.39 is 0 Å². The van der Waals surface area contributed by atoms with Crippen LogP contribution in [0.2, 0.25) is 0 Å². The molecule has 0 saturated heterocycles. The summed E-state index contributed by atoms with van der Waals surface area (Å²) < 4.78 is 2.24. The van der Waals surface area contributed by atoms with Crippen LogP contribution in [0, 0.1) is 0 Å². The van der Waals surface area contributed by atoms with Crippen molar-refractivity contribution < 1.29 is 0 Å². The van der Waals surface area contributed by atoms with Crippen molar-refractivity contribution in [3.8, 4) is 0 Å². The predicted molar refractivity (Wildman–Crippen MR) is 74.0 cm³/mol. The quantitative estimate of drug-likeness (QED) is 0.700. The Morgan fingerprint density at radius 3 is 2.84 bits per heavy atom. The van der Waals surface area contributed by atoms with Crippen LogP contribution >= 0.6 is 0 Å². The third-order valence-corrected chi connectivity index (χ3v) is 4.26. The Kier molecular flexibility index (Phi) is 2.35. The zero-order valence-corrected chi connectivity index (χ0v) is 10.7. The van der Waals surface area contributed by atoms with Crippen LogP contribution < -0.4 is 5.73 Å². The number of hydrogen-bond acceptors (Lipinski definition) is 3. The molecule has 0 radical (unpaired) electrons. The second-order valence-corrected chi connectivity index (χ2v) is 5.46. The summed E-state index contributed by atoms with van der Waals surface area (Å²) in [5.74, 6) is 0.565. The molecule has 0 spiro atoms. The summed E-state index contributed by atoms with van der Waals surface area (Å²) in [5.41, 5.74) is 10.3. The molecule has 0 atom stereocenters. The molecular formula is C14H17N5. The normalized spacial score (nSPS) is 24.3. The van der Waals surface area contributed by atoms with Crippen LogP contribution in [0.3, 0.4) is 0 Å². The van der Waals surface area contributed by atoms with E-state index in [1.54, 1.807) is 0 Å². The first kappa shape index (κ1) is 11.0. The third kappa shape index (κ3) is 1.65. The van der Waals surface area contributed by atoms with Gasteiger partial charge in [-0.15, -0.1) is 0 Å². The van der Waals surface area contributed by atoms with Gasteiger partial charge in [-0.25, -0.2) is 9.97 Å². The Hall–Kier alpha value is -1.88. The van der Waals surface area contributed by atoms with Gasteiger partial charge in [0, 0.05) is 30.0 Å². The molecule has 3 N–H and O–H groups in total. The largest absolute Gasteiger partial charge is 0.345 e. The summed E-state index contributed by atoms with van der Waals surface area (Å²) >= 11 is 0. The first-order valence-corrected chi connectivity index (χ1v) is 6.88. The Morgan fingerprint density at radius 1 is 1.16 bits per heavy atom. The first-order valence-electron chi connectivity index (χ1n) is 6.88. The van der Waals surface area contributed by atoms with Crippen LogP contribution in [0.1, 0.15) is 37.3 Å². The van der Waals surface area contributed by atoms with E-state index in [4.69, 9.17) is 5.73 Å². The van der Waals surface area contributed by atoms with E-state index in [9.17, 15) is 0 Å². The van der Waals surface area contributed by atoms with Crippen LogP contribution in [-0.4, -0.2) is 25.4 Å². The molecule has 1 aliphatic rings. The lowest BCUT2D eigenvalue weighted by Gasteiger charge is -2.25. The van der Waals surface area contributed by atoms with Gasteiger partial charge in [0.05, 0.1) is 11.7 Å². The van der Waals surface area contributed by atoms with Crippen molar-refractivity contribution in [2.75, 3.05) is 0 Å². The van der Waals surface area contributed by atoms with Gasteiger partial charge < -0.3 is 10.7 Å². The second kappa shape index (κ2) is 4.06. The molecule has 1 aliphatic carbocycles. The fourth-order valence-electron chi connectivity index (χ4n) is 3.20. The summed E-state index contributed by atoms with van der Waals surface area (Å²) in [6, 6.07) is 2.44. The number of nitrogens with two attached hydrogens (primary N) is 1. The third-order valence-electron chi connectivity index (χ3n) is 4.26. The maximum absolute atomic E-state index is 6.00. The summed E-state index contributed by atoms with van der Waals surface area (Å²) in [6.07, 6.45) is 10.3. The summed E-state index contributed by atoms with van der Waals surface area (Å²) in [4.78, 5) is 12.0. The molecule has 0 aliphatic heterocycles. The van der Waals surface area contributed by atoms with Crippen LogP contribution in [0.5, 0.6) is 0 Å². The van der Waals surface area contributed by atoms with E-state index in [1.165, 1.54) is 5.69 Å². The number of nitrogens with one attached hydrogen (secondary N) is 1. The number of aromatic nitrogens is 4. The molecule has 19 heavy (non-hydrogen) atoms. The molecule has 98 valence electrons. The minimum Gasteiger partial charge on any atom is -0.345 e. The van der Waals surface area contributed by atoms with E-state index in [1.807, 2.05) is 18.6 Å². The molecule has 0 bridgehead atoms. The molecule has 3 heterocycles. The van der Waals surface area contributed by atoms with Gasteiger partial charge >= 0.3 is 0 Å². The Balaban J connectivity index is 1.87. The van der Waals surface area contributed by atoms with Crippen LogP contribution in [-0.2, 0) is 0 Å². The number of fused-ring (bicyclic) bond motifs is 3. The number of imidazole rings is 1. The number of nitrogens with zero attached hydrogens (tertiary/aromatic N) is 3. The summed E-state index contributed by atoms with van der Waals surface area (Å²) in [6.45, 7) is 0. The van der Waals surface area contributed by atoms with Gasteiger partial charge in [-0.2, -0.15) is 0 Å². The topological polar surface area (TPSA) is 72.0 Å². The van der Waals surface area contributed by atoms with E-state index in [2.05, 4.69) is 25.4 Å². The standard InChI is InChI=1S/C14H17N5/c15-10-3-1-9(2-4-10)12-7-17-13-8-18-14-11(19(12)13)5-6-16-14/h5-10,16H,1-4,15H2/t9-,10+. The molecule has 5 heteroatoms. The second-order valence-electron chi connectivity index (χ2n) is 5.46. The lowest BCUT2D eigenvalue weighted by Crippen LogP contribution is -2.26. The van der Waals surface area contributed by atoms with Gasteiger partial charge in [0.15, 0.2) is 11.3 Å². The average molecular weight is 255 g/mol. The van der Waals surface area contributed by atoms with E-state index >= 15 is 0 Å². The number of rotatable bonds is 1. The Labute approximate surface area is 110 Å². The van der Waals surface area contributed by atoms with Crippen LogP contribution in [0.25, 0.3) is 16.8 Å². The lowest BCUT2D eigenvalue weighted by atomic mass is 9.84. The minimum atomic E-state index is 0.379. The molecule has 1 saturated carbocycles. The van der Waals surface area contributed by atoms with Crippen molar-refractivity contribution in [3.63, 3.8) is 0 Å². The highest BCUT2D eigenvalue weighted by Crippen LogP contribution is 2.33. The molecule has 3 aromatic heterocycles. The fraction of sp³-hybridized carbons (Fsp3) is 0.429. The highest BCUT2D eigenvalue weighted by molar-refractivity contribution is 5.74. The van der Waals surface area contributed by atoms with Gasteiger partial charge in [-0.1, -0.05) is 0 Å². The average Bonchev–Trinajstić information content (AvgIpc) is 3.04. The van der Waals surface area contributed by atoms with Crippen molar-refractivity contribution in [3.05, 3.63) is 30.4 Å². The maximum atomic E-state index is 6.00. The molecule has 3 aromatic rings. The van der Waals surface area contributed by atoms with Gasteiger partial charge in [-0.3, -0.25) is 4.40 Å². The van der Waals surface area contributed by atoms with Gasteiger partial charge in [0.25, 0.3) is 0 Å². The van der Waals surface area contributed by atoms with Gasteiger partial charge in [0.2, 0.25) is 0 Å². The SMILES string of the molecule is N[C@H]1CC[C@@H](c2cnc3cnc4[nH]ccc4n32)CC1. The van der Waals surface area contributed by atoms with Crippen molar-refractivity contribution in [2.45, 2.75) is 37.6 Å². The van der Waals surface area contributed by atoms with E-state index in [-0.39, 0.29) is 0 Å². The molecular weight excluding hydrogens is 238 g/mol. The maximum Gasteiger partial charge on any atom is 0.156 e. The van der Waals surface area contributed by atoms with Crippen molar-refractivity contribution >= 4 is 16.8 Å². The fourth-order valence-corrected chi connectivity index (χ4v) is 3.20. The molecule has 5 nitrogen and oxygen atoms in total. The van der Waals surface area contributed by atoms with Crippen LogP contribution in [0.15, 0.2) is 24.7 Å². The minimum absolute atomic E-state index is 0.379. The smallest absolute Gasteiger partial charge is 0.156 e. The van der Waals surface area contributed by atoms with E-state index in [0.717, 1.165) is 42.5 Å². The number of hydrogen-bond donors (Lipinski definition) is 2. The molecule has 0 unspecified atom stereocenters. The highest BCUT2D eigenvalue weighted by atomic mass is 15.1. The Morgan fingerprint density at radius 2 is 2.00 bits per heavy atom. The molecule has 0 amide bonds. The van der Waals surface area contributed by atoms with Crippen molar-refractivity contribution in [1.29, 1.82) is 0 Å². The summed E-state index contributed by atoms with van der Waals surface area (Å²) in [7, 11) is 0. The zero-order valence-electron chi connectivity index (χ0n) is 10.7. The monoisotopic (exact) mass is 255 g/mol. The Bertz CT molecular complexity index is 718. The van der Waals surface area contributed by atoms with Gasteiger partial charge in [-0.05, 0) is 31.7 Å².